The lowest BCUT2D eigenvalue weighted by Gasteiger charge is -2.27. The molecule has 22 heteroatoms. The highest BCUT2D eigenvalue weighted by Crippen LogP contribution is 2.08. The van der Waals surface area contributed by atoms with Gasteiger partial charge in [0.05, 0.1) is 13.2 Å². The Morgan fingerprint density at radius 3 is 1.24 bits per heavy atom. The number of carboxylic acid groups (broad SMARTS) is 1. The SMILES string of the molecule is C[C@H](NC(=O)[C@H](CCCCN)NC(=O)[C@H](CO)NC(=O)[C@H](CCCN=C(N)N)NC(=O)[C@H](CCCCN)NC(=O)[C@H](CCCCN)NC(=O)CN)C(=O)O. The van der Waals surface area contributed by atoms with E-state index < -0.39 is 84.3 Å². The van der Waals surface area contributed by atoms with Gasteiger partial charge < -0.3 is 76.5 Å². The predicted molar refractivity (Wildman–Crippen MR) is 200 cm³/mol. The number of aliphatic carboxylic acids is 1. The topological polar surface area (TPSA) is 401 Å². The number of nitrogens with two attached hydrogens (primary N) is 6. The minimum atomic E-state index is -1.60. The average molecular weight is 774 g/mol. The first kappa shape index (κ1) is 49.4. The van der Waals surface area contributed by atoms with Crippen LogP contribution in [0.15, 0.2) is 4.99 Å². The summed E-state index contributed by atoms with van der Waals surface area (Å²) in [6.07, 6.45) is 3.46. The van der Waals surface area contributed by atoms with E-state index in [0.29, 0.717) is 58.2 Å². The molecule has 0 spiro atoms. The smallest absolute Gasteiger partial charge is 0.325 e. The van der Waals surface area contributed by atoms with Gasteiger partial charge in [0, 0.05) is 6.54 Å². The van der Waals surface area contributed by atoms with Gasteiger partial charge >= 0.3 is 5.97 Å². The minimum absolute atomic E-state index is 0.0525. The van der Waals surface area contributed by atoms with Crippen LogP contribution in [0.5, 0.6) is 0 Å². The zero-order chi connectivity index (χ0) is 41.1. The molecule has 0 aliphatic carbocycles. The first-order chi connectivity index (χ1) is 25.6. The summed E-state index contributed by atoms with van der Waals surface area (Å²) in [6, 6.07) is -7.62. The summed E-state index contributed by atoms with van der Waals surface area (Å²) >= 11 is 0. The largest absolute Gasteiger partial charge is 0.480 e. The van der Waals surface area contributed by atoms with Gasteiger partial charge in [-0.1, -0.05) is 0 Å². The number of hydrogen-bond acceptors (Lipinski definition) is 13. The van der Waals surface area contributed by atoms with E-state index in [9.17, 15) is 43.8 Å². The Morgan fingerprint density at radius 1 is 0.537 bits per heavy atom. The van der Waals surface area contributed by atoms with Gasteiger partial charge in [-0.05, 0) is 97.2 Å². The fourth-order valence-corrected chi connectivity index (χ4v) is 4.97. The van der Waals surface area contributed by atoms with Crippen molar-refractivity contribution < 1.29 is 43.8 Å². The van der Waals surface area contributed by atoms with Crippen LogP contribution in [0.2, 0.25) is 0 Å². The molecule has 22 nitrogen and oxygen atoms in total. The summed E-state index contributed by atoms with van der Waals surface area (Å²) in [7, 11) is 0. The van der Waals surface area contributed by atoms with Crippen LogP contribution in [0.4, 0.5) is 0 Å². The van der Waals surface area contributed by atoms with E-state index in [2.05, 4.69) is 36.9 Å². The molecule has 0 aliphatic heterocycles. The highest BCUT2D eigenvalue weighted by Gasteiger charge is 2.32. The maximum absolute atomic E-state index is 13.7. The van der Waals surface area contributed by atoms with Crippen LogP contribution in [-0.4, -0.2) is 133 Å². The van der Waals surface area contributed by atoms with E-state index in [-0.39, 0.29) is 51.2 Å². The molecule has 310 valence electrons. The van der Waals surface area contributed by atoms with Gasteiger partial charge in [0.25, 0.3) is 0 Å². The molecular formula is C32H63N13O9. The molecule has 0 fully saturated rings. The molecular weight excluding hydrogens is 710 g/mol. The first-order valence-electron chi connectivity index (χ1n) is 18.2. The molecule has 0 rings (SSSR count). The van der Waals surface area contributed by atoms with Gasteiger partial charge in [-0.15, -0.1) is 0 Å². The number of nitrogens with zero attached hydrogens (tertiary/aromatic N) is 1. The quantitative estimate of drug-likeness (QED) is 0.0184. The molecule has 0 heterocycles. The van der Waals surface area contributed by atoms with E-state index in [1.165, 1.54) is 6.92 Å². The van der Waals surface area contributed by atoms with Gasteiger partial charge in [-0.2, -0.15) is 0 Å². The number of nitrogens with one attached hydrogen (secondary N) is 6. The number of guanidine groups is 1. The number of carbonyl (C=O) groups is 7. The Kier molecular flexibility index (Phi) is 26.3. The Balaban J connectivity index is 6.22. The Labute approximate surface area is 315 Å². The van der Waals surface area contributed by atoms with Crippen LogP contribution >= 0.6 is 0 Å². The second-order valence-corrected chi connectivity index (χ2v) is 12.6. The number of unbranched alkanes of at least 4 members (excludes halogenated alkanes) is 3. The fraction of sp³-hybridized carbons (Fsp3) is 0.750. The van der Waals surface area contributed by atoms with Crippen molar-refractivity contribution in [3.8, 4) is 0 Å². The van der Waals surface area contributed by atoms with E-state index in [4.69, 9.17) is 34.4 Å². The summed E-state index contributed by atoms with van der Waals surface area (Å²) in [4.78, 5) is 94.0. The predicted octanol–water partition coefficient (Wildman–Crippen LogP) is -5.61. The molecule has 0 bridgehead atoms. The van der Waals surface area contributed by atoms with Crippen molar-refractivity contribution in [1.82, 2.24) is 31.9 Å². The Bertz CT molecular complexity index is 1220. The molecule has 54 heavy (non-hydrogen) atoms. The highest BCUT2D eigenvalue weighted by molar-refractivity contribution is 5.96. The number of carbonyl (C=O) groups excluding carboxylic acids is 6. The van der Waals surface area contributed by atoms with Crippen LogP contribution in [0.3, 0.4) is 0 Å². The normalized spacial score (nSPS) is 14.2. The van der Waals surface area contributed by atoms with Crippen molar-refractivity contribution in [2.24, 2.45) is 39.4 Å². The standard InChI is InChI=1S/C32H63N13O9/c1-19(31(53)54)40-26(48)21(10-3-6-14-34)44-30(52)24(18-46)45-29(51)23(12-8-16-39-32(37)38)43-28(50)22(11-4-7-15-35)42-27(49)20(9-2-5-13-33)41-25(47)17-36/h19-24,46H,2-18,33-36H2,1H3,(H,40,48)(H,41,47)(H,42,49)(H,43,50)(H,44,52)(H,45,51)(H,53,54)(H4,37,38,39)/t19-,20-,21-,22-,23-,24-/m0/s1. The zero-order valence-electron chi connectivity index (χ0n) is 31.1. The lowest BCUT2D eigenvalue weighted by Crippen LogP contribution is -2.60. The summed E-state index contributed by atoms with van der Waals surface area (Å²) in [5, 5.41) is 34.2. The van der Waals surface area contributed by atoms with Gasteiger partial charge in [0.1, 0.15) is 36.3 Å². The molecule has 0 unspecified atom stereocenters. The lowest BCUT2D eigenvalue weighted by atomic mass is 10.0. The Morgan fingerprint density at radius 2 is 0.889 bits per heavy atom. The number of rotatable bonds is 30. The van der Waals surface area contributed by atoms with Crippen molar-refractivity contribution in [3.63, 3.8) is 0 Å². The van der Waals surface area contributed by atoms with E-state index >= 15 is 0 Å². The maximum Gasteiger partial charge on any atom is 0.325 e. The molecule has 0 saturated carbocycles. The first-order valence-corrected chi connectivity index (χ1v) is 18.2. The zero-order valence-corrected chi connectivity index (χ0v) is 31.1. The van der Waals surface area contributed by atoms with Crippen LogP contribution < -0.4 is 66.3 Å². The van der Waals surface area contributed by atoms with Crippen LogP contribution in [-0.2, 0) is 33.6 Å². The summed E-state index contributed by atoms with van der Waals surface area (Å²) in [5.74, 6) is -6.15. The second-order valence-electron chi connectivity index (χ2n) is 12.6. The molecule has 0 aliphatic rings. The lowest BCUT2D eigenvalue weighted by molar-refractivity contribution is -0.142. The summed E-state index contributed by atoms with van der Waals surface area (Å²) < 4.78 is 0. The van der Waals surface area contributed by atoms with Crippen LogP contribution in [0.1, 0.15) is 77.6 Å². The Hall–Kier alpha value is -4.64. The number of aliphatic hydroxyl groups is 1. The highest BCUT2D eigenvalue weighted by atomic mass is 16.4. The van der Waals surface area contributed by atoms with Gasteiger partial charge in [-0.3, -0.25) is 38.6 Å². The number of aliphatic imine (C=N–C) groups is 1. The monoisotopic (exact) mass is 773 g/mol. The molecule has 20 N–H and O–H groups in total. The molecule has 6 amide bonds. The van der Waals surface area contributed by atoms with Crippen LogP contribution in [0.25, 0.3) is 0 Å². The average Bonchev–Trinajstić information content (AvgIpc) is 3.13. The second kappa shape index (κ2) is 28.8. The van der Waals surface area contributed by atoms with Crippen molar-refractivity contribution in [2.45, 2.75) is 114 Å². The number of aliphatic hydroxyl groups excluding tert-OH is 1. The molecule has 0 saturated heterocycles. The minimum Gasteiger partial charge on any atom is -0.480 e. The fourth-order valence-electron chi connectivity index (χ4n) is 4.97. The molecule has 0 aromatic carbocycles. The van der Waals surface area contributed by atoms with E-state index in [1.807, 2.05) is 0 Å². The molecule has 6 atom stereocenters. The summed E-state index contributed by atoms with van der Waals surface area (Å²) in [5.41, 5.74) is 33.0. The van der Waals surface area contributed by atoms with Gasteiger partial charge in [0.2, 0.25) is 35.4 Å². The number of amides is 6. The van der Waals surface area contributed by atoms with Crippen molar-refractivity contribution in [2.75, 3.05) is 39.3 Å². The van der Waals surface area contributed by atoms with E-state index in [1.54, 1.807) is 0 Å². The van der Waals surface area contributed by atoms with E-state index in [0.717, 1.165) is 0 Å². The third kappa shape index (κ3) is 21.2. The van der Waals surface area contributed by atoms with Gasteiger partial charge in [0.15, 0.2) is 5.96 Å². The van der Waals surface area contributed by atoms with Gasteiger partial charge in [-0.25, -0.2) is 0 Å². The number of hydrogen-bond donors (Lipinski definition) is 14. The number of carboxylic acids is 1. The molecule has 0 aromatic rings. The van der Waals surface area contributed by atoms with Crippen molar-refractivity contribution >= 4 is 47.4 Å². The molecule has 0 radical (unpaired) electrons. The maximum atomic E-state index is 13.7. The third-order valence-corrected chi connectivity index (χ3v) is 8.07. The summed E-state index contributed by atoms with van der Waals surface area (Å²) in [6.45, 7) is 1.02. The van der Waals surface area contributed by atoms with Crippen molar-refractivity contribution in [1.29, 1.82) is 0 Å². The van der Waals surface area contributed by atoms with Crippen molar-refractivity contribution in [3.05, 3.63) is 0 Å². The van der Waals surface area contributed by atoms with Crippen LogP contribution in [0, 0.1) is 0 Å². The third-order valence-electron chi connectivity index (χ3n) is 8.07. The molecule has 0 aromatic heterocycles.